The lowest BCUT2D eigenvalue weighted by Crippen LogP contribution is -2.36. The Labute approximate surface area is 92.6 Å². The predicted molar refractivity (Wildman–Crippen MR) is 58.2 cm³/mol. The van der Waals surface area contributed by atoms with Gasteiger partial charge >= 0.3 is 0 Å². The van der Waals surface area contributed by atoms with Gasteiger partial charge in [-0.2, -0.15) is 0 Å². The first-order valence-electron chi connectivity index (χ1n) is 5.27. The Balaban J connectivity index is 2.17. The quantitative estimate of drug-likeness (QED) is 0.617. The average molecular weight is 224 g/mol. The fraction of sp³-hybridized carbons (Fsp3) is 0.455. The van der Waals surface area contributed by atoms with Gasteiger partial charge in [0.1, 0.15) is 6.17 Å². The van der Waals surface area contributed by atoms with Crippen LogP contribution < -0.4 is 5.32 Å². The maximum Gasteiger partial charge on any atom is 0.269 e. The van der Waals surface area contributed by atoms with E-state index in [1.54, 1.807) is 12.1 Å². The van der Waals surface area contributed by atoms with Gasteiger partial charge in [-0.25, -0.2) is 4.39 Å². The number of nitro benzene ring substituents is 1. The summed E-state index contributed by atoms with van der Waals surface area (Å²) < 4.78 is 13.6. The molecule has 0 aromatic heterocycles. The van der Waals surface area contributed by atoms with E-state index < -0.39 is 11.1 Å². The second-order valence-corrected chi connectivity index (χ2v) is 3.96. The summed E-state index contributed by atoms with van der Waals surface area (Å²) in [6.07, 6.45) is -0.172. The molecule has 1 N–H and O–H groups in total. The van der Waals surface area contributed by atoms with Crippen LogP contribution >= 0.6 is 0 Å². The predicted octanol–water partition coefficient (Wildman–Crippen LogP) is 2.01. The first-order chi connectivity index (χ1) is 7.68. The van der Waals surface area contributed by atoms with Crippen molar-refractivity contribution in [2.24, 2.45) is 0 Å². The molecule has 1 aromatic rings. The molecule has 16 heavy (non-hydrogen) atoms. The van der Waals surface area contributed by atoms with E-state index in [9.17, 15) is 14.5 Å². The molecule has 86 valence electrons. The van der Waals surface area contributed by atoms with Crippen LogP contribution in [0.25, 0.3) is 0 Å². The van der Waals surface area contributed by atoms with E-state index in [1.165, 1.54) is 12.1 Å². The summed E-state index contributed by atoms with van der Waals surface area (Å²) >= 11 is 0. The second-order valence-electron chi connectivity index (χ2n) is 3.96. The van der Waals surface area contributed by atoms with Gasteiger partial charge in [-0.15, -0.1) is 0 Å². The number of piperidine rings is 1. The minimum Gasteiger partial charge on any atom is -0.314 e. The molecule has 1 saturated heterocycles. The number of alkyl halides is 1. The molecule has 4 nitrogen and oxygen atoms in total. The first-order valence-corrected chi connectivity index (χ1v) is 5.27. The van der Waals surface area contributed by atoms with Crippen LogP contribution in [0, 0.1) is 10.1 Å². The molecule has 0 bridgehead atoms. The van der Waals surface area contributed by atoms with Gasteiger partial charge in [-0.05, 0) is 18.5 Å². The zero-order chi connectivity index (χ0) is 11.5. The van der Waals surface area contributed by atoms with E-state index in [0.717, 1.165) is 18.5 Å². The van der Waals surface area contributed by atoms with Gasteiger partial charge in [-0.3, -0.25) is 10.1 Å². The normalized spacial score (nSPS) is 25.3. The smallest absolute Gasteiger partial charge is 0.269 e. The minimum absolute atomic E-state index is 0.0492. The Morgan fingerprint density at radius 1 is 1.38 bits per heavy atom. The molecule has 1 aliphatic heterocycles. The molecule has 0 saturated carbocycles. The summed E-state index contributed by atoms with van der Waals surface area (Å²) in [6, 6.07) is 6.18. The molecule has 1 aliphatic rings. The highest BCUT2D eigenvalue weighted by atomic mass is 19.1. The van der Waals surface area contributed by atoms with E-state index in [0.29, 0.717) is 6.54 Å². The topological polar surface area (TPSA) is 55.2 Å². The monoisotopic (exact) mass is 224 g/mol. The number of non-ortho nitro benzene ring substituents is 1. The lowest BCUT2D eigenvalue weighted by atomic mass is 9.89. The van der Waals surface area contributed by atoms with Crippen molar-refractivity contribution in [3.63, 3.8) is 0 Å². The third kappa shape index (κ3) is 2.19. The van der Waals surface area contributed by atoms with Gasteiger partial charge in [0.2, 0.25) is 0 Å². The van der Waals surface area contributed by atoms with Crippen LogP contribution in [0.1, 0.15) is 17.9 Å². The molecule has 1 heterocycles. The van der Waals surface area contributed by atoms with Crippen molar-refractivity contribution in [2.45, 2.75) is 18.5 Å². The van der Waals surface area contributed by atoms with E-state index in [2.05, 4.69) is 5.32 Å². The van der Waals surface area contributed by atoms with E-state index in [1.807, 2.05) is 0 Å². The van der Waals surface area contributed by atoms with Gasteiger partial charge in [-0.1, -0.05) is 12.1 Å². The number of hydrogen-bond donors (Lipinski definition) is 1. The summed E-state index contributed by atoms with van der Waals surface area (Å²) in [5, 5.41) is 13.5. The Bertz CT molecular complexity index is 380. The maximum atomic E-state index is 13.6. The molecule has 5 heteroatoms. The Hall–Kier alpha value is -1.49. The number of halogens is 1. The Kier molecular flexibility index (Phi) is 3.14. The number of rotatable bonds is 2. The Morgan fingerprint density at radius 3 is 2.62 bits per heavy atom. The first kappa shape index (κ1) is 11.0. The van der Waals surface area contributed by atoms with Crippen LogP contribution in [0.5, 0.6) is 0 Å². The second kappa shape index (κ2) is 4.57. The molecule has 2 atom stereocenters. The van der Waals surface area contributed by atoms with Crippen molar-refractivity contribution >= 4 is 5.69 Å². The van der Waals surface area contributed by atoms with Crippen molar-refractivity contribution in [1.29, 1.82) is 0 Å². The molecule has 1 fully saturated rings. The summed E-state index contributed by atoms with van der Waals surface area (Å²) in [5.74, 6) is -0.137. The van der Waals surface area contributed by atoms with E-state index in [4.69, 9.17) is 0 Å². The zero-order valence-corrected chi connectivity index (χ0v) is 8.73. The van der Waals surface area contributed by atoms with Gasteiger partial charge in [0.25, 0.3) is 5.69 Å². The van der Waals surface area contributed by atoms with Gasteiger partial charge < -0.3 is 5.32 Å². The largest absolute Gasteiger partial charge is 0.314 e. The molecular weight excluding hydrogens is 211 g/mol. The summed E-state index contributed by atoms with van der Waals surface area (Å²) in [4.78, 5) is 10.0. The van der Waals surface area contributed by atoms with Crippen molar-refractivity contribution in [2.75, 3.05) is 13.1 Å². The fourth-order valence-electron chi connectivity index (χ4n) is 2.04. The van der Waals surface area contributed by atoms with Crippen LogP contribution in [-0.2, 0) is 0 Å². The van der Waals surface area contributed by atoms with Crippen LogP contribution in [0.3, 0.4) is 0 Å². The maximum absolute atomic E-state index is 13.6. The van der Waals surface area contributed by atoms with Crippen molar-refractivity contribution in [1.82, 2.24) is 5.32 Å². The van der Waals surface area contributed by atoms with Crippen molar-refractivity contribution in [3.05, 3.63) is 39.9 Å². The molecule has 2 rings (SSSR count). The van der Waals surface area contributed by atoms with E-state index in [-0.39, 0.29) is 11.6 Å². The number of nitro groups is 1. The van der Waals surface area contributed by atoms with E-state index >= 15 is 0 Å². The number of hydrogen-bond acceptors (Lipinski definition) is 3. The Morgan fingerprint density at radius 2 is 2.06 bits per heavy atom. The average Bonchev–Trinajstić information content (AvgIpc) is 2.30. The highest BCUT2D eigenvalue weighted by molar-refractivity contribution is 5.35. The zero-order valence-electron chi connectivity index (χ0n) is 8.73. The highest BCUT2D eigenvalue weighted by Crippen LogP contribution is 2.28. The minimum atomic E-state index is -0.907. The van der Waals surface area contributed by atoms with Gasteiger partial charge in [0, 0.05) is 24.6 Å². The van der Waals surface area contributed by atoms with Crippen LogP contribution in [0.2, 0.25) is 0 Å². The standard InChI is InChI=1S/C11H13FN2O2/c12-11-7-13-6-5-10(11)8-1-3-9(4-2-8)14(15)16/h1-4,10-11,13H,5-7H2. The summed E-state index contributed by atoms with van der Waals surface area (Å²) in [7, 11) is 0. The molecule has 2 unspecified atom stereocenters. The summed E-state index contributed by atoms with van der Waals surface area (Å²) in [6.45, 7) is 1.16. The molecule has 0 aliphatic carbocycles. The number of benzene rings is 1. The van der Waals surface area contributed by atoms with Crippen molar-refractivity contribution < 1.29 is 9.31 Å². The van der Waals surface area contributed by atoms with Crippen molar-refractivity contribution in [3.8, 4) is 0 Å². The lowest BCUT2D eigenvalue weighted by molar-refractivity contribution is -0.384. The SMILES string of the molecule is O=[N+]([O-])c1ccc(C2CCNCC2F)cc1. The third-order valence-electron chi connectivity index (χ3n) is 2.94. The van der Waals surface area contributed by atoms with Crippen LogP contribution in [-0.4, -0.2) is 24.2 Å². The lowest BCUT2D eigenvalue weighted by Gasteiger charge is -2.26. The summed E-state index contributed by atoms with van der Waals surface area (Å²) in [5.41, 5.74) is 0.896. The molecular formula is C11H13FN2O2. The molecule has 1 aromatic carbocycles. The van der Waals surface area contributed by atoms with Gasteiger partial charge in [0.15, 0.2) is 0 Å². The van der Waals surface area contributed by atoms with Crippen LogP contribution in [0.15, 0.2) is 24.3 Å². The molecule has 0 radical (unpaired) electrons. The third-order valence-corrected chi connectivity index (χ3v) is 2.94. The fourth-order valence-corrected chi connectivity index (χ4v) is 2.04. The molecule has 0 spiro atoms. The van der Waals surface area contributed by atoms with Gasteiger partial charge in [0.05, 0.1) is 4.92 Å². The number of nitrogens with zero attached hydrogens (tertiary/aromatic N) is 1. The molecule has 0 amide bonds. The van der Waals surface area contributed by atoms with Crippen LogP contribution in [0.4, 0.5) is 10.1 Å². The highest BCUT2D eigenvalue weighted by Gasteiger charge is 2.26. The number of nitrogens with one attached hydrogen (secondary N) is 1.